The third-order valence-electron chi connectivity index (χ3n) is 5.31. The molecule has 6 heteroatoms. The molecule has 0 saturated carbocycles. The summed E-state index contributed by atoms with van der Waals surface area (Å²) in [5.74, 6) is 0.763. The summed E-state index contributed by atoms with van der Waals surface area (Å²) in [5, 5.41) is 13.9. The summed E-state index contributed by atoms with van der Waals surface area (Å²) in [4.78, 5) is 17.6. The van der Waals surface area contributed by atoms with Crippen LogP contribution in [0.25, 0.3) is 10.9 Å². The first-order valence-electron chi connectivity index (χ1n) is 9.59. The van der Waals surface area contributed by atoms with Crippen LogP contribution < -0.4 is 20.5 Å². The van der Waals surface area contributed by atoms with Crippen molar-refractivity contribution in [2.45, 2.75) is 25.5 Å². The average Bonchev–Trinajstić information content (AvgIpc) is 2.73. The molecule has 0 amide bonds. The monoisotopic (exact) mass is 379 g/mol. The molecule has 1 fully saturated rings. The van der Waals surface area contributed by atoms with E-state index in [2.05, 4.69) is 27.3 Å². The Kier molecular flexibility index (Phi) is 5.21. The molecule has 1 saturated heterocycles. The first kappa shape index (κ1) is 18.4. The van der Waals surface area contributed by atoms with Crippen LogP contribution in [-0.2, 0) is 6.54 Å². The molecule has 3 N–H and O–H groups in total. The molecule has 0 unspecified atom stereocenters. The highest BCUT2D eigenvalue weighted by Crippen LogP contribution is 2.23. The molecule has 146 valence electrons. The molecule has 1 aliphatic heterocycles. The molecule has 0 atom stereocenters. The predicted octanol–water partition coefficient (Wildman–Crippen LogP) is 3.11. The second-order valence-corrected chi connectivity index (χ2v) is 7.20. The van der Waals surface area contributed by atoms with E-state index in [-0.39, 0.29) is 11.7 Å². The second-order valence-electron chi connectivity index (χ2n) is 7.20. The molecule has 3 aromatic rings. The van der Waals surface area contributed by atoms with Crippen molar-refractivity contribution in [1.29, 1.82) is 0 Å². The smallest absolute Gasteiger partial charge is 0.253 e. The molecule has 0 radical (unpaired) electrons. The van der Waals surface area contributed by atoms with E-state index in [0.717, 1.165) is 54.0 Å². The number of ether oxygens (including phenoxy) is 1. The molecule has 0 bridgehead atoms. The van der Waals surface area contributed by atoms with Crippen LogP contribution in [0, 0.1) is 0 Å². The number of hydrogen-bond donors (Lipinski definition) is 3. The zero-order valence-corrected chi connectivity index (χ0v) is 15.9. The van der Waals surface area contributed by atoms with Gasteiger partial charge in [0.25, 0.3) is 5.56 Å². The maximum absolute atomic E-state index is 12.3. The van der Waals surface area contributed by atoms with E-state index >= 15 is 0 Å². The van der Waals surface area contributed by atoms with Crippen molar-refractivity contribution in [3.63, 3.8) is 0 Å². The van der Waals surface area contributed by atoms with Crippen LogP contribution in [0.15, 0.2) is 53.3 Å². The zero-order valence-electron chi connectivity index (χ0n) is 15.9. The molecule has 1 aliphatic rings. The van der Waals surface area contributed by atoms with E-state index in [1.807, 2.05) is 36.4 Å². The molecule has 28 heavy (non-hydrogen) atoms. The number of nitrogens with zero attached hydrogens (tertiary/aromatic N) is 1. The number of fused-ring (bicyclic) bond motifs is 1. The van der Waals surface area contributed by atoms with Crippen LogP contribution in [0.4, 0.5) is 11.4 Å². The molecule has 4 rings (SSSR count). The van der Waals surface area contributed by atoms with Gasteiger partial charge in [-0.1, -0.05) is 0 Å². The number of aliphatic hydroxyl groups is 1. The lowest BCUT2D eigenvalue weighted by molar-refractivity contribution is 0.145. The van der Waals surface area contributed by atoms with E-state index in [9.17, 15) is 9.90 Å². The molecule has 2 aromatic carbocycles. The average molecular weight is 379 g/mol. The van der Waals surface area contributed by atoms with Gasteiger partial charge >= 0.3 is 0 Å². The Balaban J connectivity index is 1.45. The fourth-order valence-electron chi connectivity index (χ4n) is 3.60. The van der Waals surface area contributed by atoms with Crippen molar-refractivity contribution in [3.8, 4) is 5.75 Å². The van der Waals surface area contributed by atoms with Crippen molar-refractivity contribution >= 4 is 22.3 Å². The van der Waals surface area contributed by atoms with E-state index in [4.69, 9.17) is 4.74 Å². The predicted molar refractivity (Wildman–Crippen MR) is 112 cm³/mol. The van der Waals surface area contributed by atoms with Gasteiger partial charge in [0.1, 0.15) is 5.75 Å². The lowest BCUT2D eigenvalue weighted by Crippen LogP contribution is -2.35. The highest BCUT2D eigenvalue weighted by Gasteiger charge is 2.17. The summed E-state index contributed by atoms with van der Waals surface area (Å²) in [6, 6.07) is 15.7. The van der Waals surface area contributed by atoms with Crippen molar-refractivity contribution in [2.24, 2.45) is 0 Å². The SMILES string of the molecule is COc1ccc2[nH]c(=O)c(CNc3ccc(N4CCC(O)CC4)cc3)cc2c1. The number of pyridine rings is 1. The number of rotatable bonds is 5. The molecule has 1 aromatic heterocycles. The number of methoxy groups -OCH3 is 1. The van der Waals surface area contributed by atoms with Crippen molar-refractivity contribution in [3.05, 3.63) is 64.4 Å². The lowest BCUT2D eigenvalue weighted by Gasteiger charge is -2.31. The largest absolute Gasteiger partial charge is 0.497 e. The number of aromatic amines is 1. The van der Waals surface area contributed by atoms with Gasteiger partial charge in [-0.15, -0.1) is 0 Å². The second kappa shape index (κ2) is 7.94. The van der Waals surface area contributed by atoms with Crippen LogP contribution in [0.5, 0.6) is 5.75 Å². The van der Waals surface area contributed by atoms with Gasteiger partial charge in [0.05, 0.1) is 13.2 Å². The molecular formula is C22H25N3O3. The highest BCUT2D eigenvalue weighted by atomic mass is 16.5. The Labute approximate surface area is 163 Å². The number of anilines is 2. The van der Waals surface area contributed by atoms with E-state index in [1.54, 1.807) is 7.11 Å². The van der Waals surface area contributed by atoms with E-state index in [1.165, 1.54) is 0 Å². The standard InChI is InChI=1S/C22H25N3O3/c1-28-20-6-7-21-15(13-20)12-16(22(27)24-21)14-23-17-2-4-18(5-3-17)25-10-8-19(26)9-11-25/h2-7,12-13,19,23,26H,8-11,14H2,1H3,(H,24,27). The van der Waals surface area contributed by atoms with Gasteiger partial charge in [0, 0.05) is 47.5 Å². The van der Waals surface area contributed by atoms with Crippen LogP contribution in [-0.4, -0.2) is 36.4 Å². The molecule has 0 spiro atoms. The highest BCUT2D eigenvalue weighted by molar-refractivity contribution is 5.80. The number of H-pyrrole nitrogens is 1. The number of piperidine rings is 1. The molecular weight excluding hydrogens is 354 g/mol. The minimum atomic E-state index is -0.169. The van der Waals surface area contributed by atoms with Crippen molar-refractivity contribution in [1.82, 2.24) is 4.98 Å². The first-order chi connectivity index (χ1) is 13.6. The number of hydrogen-bond acceptors (Lipinski definition) is 5. The summed E-state index contributed by atoms with van der Waals surface area (Å²) in [7, 11) is 1.63. The van der Waals surface area contributed by atoms with Crippen LogP contribution in [0.2, 0.25) is 0 Å². The Hall–Kier alpha value is -2.99. The van der Waals surface area contributed by atoms with Gasteiger partial charge in [0.15, 0.2) is 0 Å². The fraction of sp³-hybridized carbons (Fsp3) is 0.318. The van der Waals surface area contributed by atoms with Crippen LogP contribution >= 0.6 is 0 Å². The van der Waals surface area contributed by atoms with Crippen LogP contribution in [0.3, 0.4) is 0 Å². The van der Waals surface area contributed by atoms with E-state index in [0.29, 0.717) is 12.1 Å². The summed E-state index contributed by atoms with van der Waals surface area (Å²) in [5.41, 5.74) is 3.51. The maximum atomic E-state index is 12.3. The molecule has 2 heterocycles. The summed E-state index contributed by atoms with van der Waals surface area (Å²) < 4.78 is 5.26. The van der Waals surface area contributed by atoms with Gasteiger partial charge in [-0.25, -0.2) is 0 Å². The first-order valence-corrected chi connectivity index (χ1v) is 9.59. The minimum Gasteiger partial charge on any atom is -0.497 e. The number of benzene rings is 2. The quantitative estimate of drug-likeness (QED) is 0.635. The summed E-state index contributed by atoms with van der Waals surface area (Å²) >= 11 is 0. The Morgan fingerprint density at radius 1 is 1.14 bits per heavy atom. The Morgan fingerprint density at radius 3 is 2.61 bits per heavy atom. The van der Waals surface area contributed by atoms with E-state index < -0.39 is 0 Å². The normalized spacial score (nSPS) is 15.0. The zero-order chi connectivity index (χ0) is 19.5. The third-order valence-corrected chi connectivity index (χ3v) is 5.31. The van der Waals surface area contributed by atoms with Gasteiger partial charge < -0.3 is 25.0 Å². The van der Waals surface area contributed by atoms with Crippen molar-refractivity contribution in [2.75, 3.05) is 30.4 Å². The third kappa shape index (κ3) is 3.97. The van der Waals surface area contributed by atoms with Crippen molar-refractivity contribution < 1.29 is 9.84 Å². The van der Waals surface area contributed by atoms with Gasteiger partial charge in [0.2, 0.25) is 0 Å². The van der Waals surface area contributed by atoms with Gasteiger partial charge in [-0.2, -0.15) is 0 Å². The fourth-order valence-corrected chi connectivity index (χ4v) is 3.60. The number of nitrogens with one attached hydrogen (secondary N) is 2. The Bertz CT molecular complexity index is 1010. The lowest BCUT2D eigenvalue weighted by atomic mass is 10.1. The molecule has 6 nitrogen and oxygen atoms in total. The summed E-state index contributed by atoms with van der Waals surface area (Å²) in [6.07, 6.45) is 1.46. The summed E-state index contributed by atoms with van der Waals surface area (Å²) in [6.45, 7) is 2.20. The number of aliphatic hydroxyl groups excluding tert-OH is 1. The maximum Gasteiger partial charge on any atom is 0.253 e. The molecule has 0 aliphatic carbocycles. The topological polar surface area (TPSA) is 77.6 Å². The van der Waals surface area contributed by atoms with Gasteiger partial charge in [-0.05, 0) is 61.4 Å². The minimum absolute atomic E-state index is 0.0892. The van der Waals surface area contributed by atoms with Crippen LogP contribution in [0.1, 0.15) is 18.4 Å². The number of aromatic nitrogens is 1. The Morgan fingerprint density at radius 2 is 1.89 bits per heavy atom. The van der Waals surface area contributed by atoms with Gasteiger partial charge in [-0.3, -0.25) is 4.79 Å².